The van der Waals surface area contributed by atoms with Gasteiger partial charge >= 0.3 is 0 Å². The summed E-state index contributed by atoms with van der Waals surface area (Å²) in [6.45, 7) is 2.78. The molecule has 1 aromatic heterocycles. The van der Waals surface area contributed by atoms with Crippen molar-refractivity contribution in [1.82, 2.24) is 9.78 Å². The molecule has 1 aliphatic carbocycles. The van der Waals surface area contributed by atoms with Crippen LogP contribution >= 0.6 is 0 Å². The number of hydrogen-bond donors (Lipinski definition) is 1. The van der Waals surface area contributed by atoms with Crippen LogP contribution in [0.2, 0.25) is 0 Å². The van der Waals surface area contributed by atoms with Crippen LogP contribution in [0.5, 0.6) is 0 Å². The van der Waals surface area contributed by atoms with Gasteiger partial charge in [-0.1, -0.05) is 43.2 Å². The van der Waals surface area contributed by atoms with Gasteiger partial charge in [0.25, 0.3) is 5.91 Å². The normalized spacial score (nSPS) is 16.4. The monoisotopic (exact) mass is 313 g/mol. The summed E-state index contributed by atoms with van der Waals surface area (Å²) in [5, 5.41) is 7.11. The fraction of sp³-hybridized carbons (Fsp3) is 0.444. The Bertz CT molecular complexity index is 633. The molecule has 0 saturated heterocycles. The fourth-order valence-corrected chi connectivity index (χ4v) is 2.95. The molecule has 2 aromatic rings. The Morgan fingerprint density at radius 1 is 1.35 bits per heavy atom. The molecule has 1 N–H and O–H groups in total. The van der Waals surface area contributed by atoms with Crippen molar-refractivity contribution in [2.75, 3.05) is 5.32 Å². The highest BCUT2D eigenvalue weighted by Gasteiger charge is 2.27. The lowest BCUT2D eigenvalue weighted by molar-refractivity contribution is -0.131. The highest BCUT2D eigenvalue weighted by molar-refractivity contribution is 5.94. The molecule has 1 atom stereocenters. The minimum Gasteiger partial charge on any atom is -0.360 e. The molecule has 1 saturated carbocycles. The summed E-state index contributed by atoms with van der Waals surface area (Å²) >= 11 is 0. The van der Waals surface area contributed by atoms with Crippen LogP contribution in [0, 0.1) is 0 Å². The predicted molar refractivity (Wildman–Crippen MR) is 89.1 cm³/mol. The molecule has 0 aliphatic heterocycles. The van der Waals surface area contributed by atoms with E-state index >= 15 is 0 Å². The minimum atomic E-state index is -0.579. The second-order valence-corrected chi connectivity index (χ2v) is 5.91. The van der Waals surface area contributed by atoms with Crippen molar-refractivity contribution in [2.45, 2.75) is 51.4 Å². The van der Waals surface area contributed by atoms with Crippen molar-refractivity contribution in [2.24, 2.45) is 0 Å². The summed E-state index contributed by atoms with van der Waals surface area (Å²) in [6.07, 6.45) is 7.51. The maximum absolute atomic E-state index is 12.7. The van der Waals surface area contributed by atoms with Crippen LogP contribution in [0.25, 0.3) is 0 Å². The number of ether oxygens (including phenoxy) is 1. The number of rotatable bonds is 6. The molecule has 5 heteroatoms. The van der Waals surface area contributed by atoms with E-state index in [1.807, 2.05) is 43.5 Å². The number of aryl methyl sites for hydroxylation is 1. The van der Waals surface area contributed by atoms with Crippen molar-refractivity contribution in [3.05, 3.63) is 48.3 Å². The van der Waals surface area contributed by atoms with Crippen molar-refractivity contribution in [1.29, 1.82) is 0 Å². The van der Waals surface area contributed by atoms with Crippen molar-refractivity contribution >= 4 is 11.6 Å². The Balaban J connectivity index is 1.74. The first-order valence-electron chi connectivity index (χ1n) is 8.30. The van der Waals surface area contributed by atoms with E-state index in [-0.39, 0.29) is 12.0 Å². The van der Waals surface area contributed by atoms with Crippen LogP contribution in [0.4, 0.5) is 5.69 Å². The molecule has 3 rings (SSSR count). The van der Waals surface area contributed by atoms with E-state index < -0.39 is 6.10 Å². The van der Waals surface area contributed by atoms with E-state index in [2.05, 4.69) is 10.4 Å². The van der Waals surface area contributed by atoms with E-state index in [0.717, 1.165) is 24.9 Å². The second kappa shape index (κ2) is 7.42. The van der Waals surface area contributed by atoms with E-state index in [1.54, 1.807) is 10.9 Å². The molecule has 5 nitrogen and oxygen atoms in total. The minimum absolute atomic E-state index is 0.140. The molecule has 0 spiro atoms. The first-order valence-corrected chi connectivity index (χ1v) is 8.30. The number of hydrogen-bond acceptors (Lipinski definition) is 3. The van der Waals surface area contributed by atoms with E-state index in [0.29, 0.717) is 5.69 Å². The van der Waals surface area contributed by atoms with Gasteiger partial charge in [-0.2, -0.15) is 5.10 Å². The highest BCUT2D eigenvalue weighted by atomic mass is 16.5. The van der Waals surface area contributed by atoms with Gasteiger partial charge in [0.15, 0.2) is 6.10 Å². The smallest absolute Gasteiger partial charge is 0.258 e. The third-order valence-corrected chi connectivity index (χ3v) is 4.20. The molecule has 1 aromatic carbocycles. The largest absolute Gasteiger partial charge is 0.360 e. The van der Waals surface area contributed by atoms with Gasteiger partial charge in [-0.3, -0.25) is 9.48 Å². The fourth-order valence-electron chi connectivity index (χ4n) is 2.95. The molecule has 0 bridgehead atoms. The molecule has 122 valence electrons. The van der Waals surface area contributed by atoms with Gasteiger partial charge in [0.2, 0.25) is 0 Å². The van der Waals surface area contributed by atoms with Gasteiger partial charge in [0.05, 0.1) is 18.0 Å². The first-order chi connectivity index (χ1) is 11.3. The lowest BCUT2D eigenvalue weighted by Crippen LogP contribution is -2.26. The van der Waals surface area contributed by atoms with Crippen molar-refractivity contribution in [3.63, 3.8) is 0 Å². The van der Waals surface area contributed by atoms with Gasteiger partial charge in [-0.05, 0) is 25.3 Å². The number of anilines is 1. The van der Waals surface area contributed by atoms with E-state index in [1.165, 1.54) is 12.8 Å². The molecular formula is C18H23N3O2. The Morgan fingerprint density at radius 2 is 2.09 bits per heavy atom. The number of carbonyl (C=O) groups excluding carboxylic acids is 1. The summed E-state index contributed by atoms with van der Waals surface area (Å²) < 4.78 is 7.91. The van der Waals surface area contributed by atoms with Gasteiger partial charge in [-0.15, -0.1) is 0 Å². The van der Waals surface area contributed by atoms with E-state index in [9.17, 15) is 4.79 Å². The molecule has 23 heavy (non-hydrogen) atoms. The number of nitrogens with one attached hydrogen (secondary N) is 1. The van der Waals surface area contributed by atoms with Crippen LogP contribution < -0.4 is 5.32 Å². The highest BCUT2D eigenvalue weighted by Crippen LogP contribution is 2.28. The Morgan fingerprint density at radius 3 is 2.74 bits per heavy atom. The Kier molecular flexibility index (Phi) is 5.08. The quantitative estimate of drug-likeness (QED) is 0.887. The summed E-state index contributed by atoms with van der Waals surface area (Å²) in [5.41, 5.74) is 1.59. The van der Waals surface area contributed by atoms with Crippen LogP contribution in [0.3, 0.4) is 0 Å². The third-order valence-electron chi connectivity index (χ3n) is 4.20. The summed E-state index contributed by atoms with van der Waals surface area (Å²) in [6, 6.07) is 9.69. The molecule has 1 amide bonds. The number of carbonyl (C=O) groups is 1. The second-order valence-electron chi connectivity index (χ2n) is 5.91. The third kappa shape index (κ3) is 3.99. The molecular weight excluding hydrogens is 290 g/mol. The summed E-state index contributed by atoms with van der Waals surface area (Å²) in [5.74, 6) is -0.140. The lowest BCUT2D eigenvalue weighted by Gasteiger charge is -2.21. The van der Waals surface area contributed by atoms with E-state index in [4.69, 9.17) is 4.74 Å². The van der Waals surface area contributed by atoms with Crippen LogP contribution in [0.15, 0.2) is 42.7 Å². The summed E-state index contributed by atoms with van der Waals surface area (Å²) in [4.78, 5) is 12.7. The molecule has 1 fully saturated rings. The van der Waals surface area contributed by atoms with Crippen molar-refractivity contribution in [3.8, 4) is 0 Å². The topological polar surface area (TPSA) is 56.2 Å². The van der Waals surface area contributed by atoms with Crippen LogP contribution in [-0.2, 0) is 16.1 Å². The SMILES string of the molecule is CCn1cc(NC(=O)[C@@H](OC2CCCC2)c2ccccc2)cn1. The van der Waals surface area contributed by atoms with Crippen LogP contribution in [-0.4, -0.2) is 21.8 Å². The first kappa shape index (κ1) is 15.7. The maximum atomic E-state index is 12.7. The summed E-state index contributed by atoms with van der Waals surface area (Å²) in [7, 11) is 0. The van der Waals surface area contributed by atoms with Crippen molar-refractivity contribution < 1.29 is 9.53 Å². The zero-order valence-electron chi connectivity index (χ0n) is 13.4. The number of aromatic nitrogens is 2. The zero-order chi connectivity index (χ0) is 16.1. The van der Waals surface area contributed by atoms with Gasteiger partial charge in [0, 0.05) is 12.7 Å². The number of nitrogens with zero attached hydrogens (tertiary/aromatic N) is 2. The number of amides is 1. The Labute approximate surface area is 136 Å². The average Bonchev–Trinajstić information content (AvgIpc) is 3.24. The average molecular weight is 313 g/mol. The predicted octanol–water partition coefficient (Wildman–Crippen LogP) is 3.54. The standard InChI is InChI=1S/C18H23N3O2/c1-2-21-13-15(12-19-21)20-18(22)17(14-8-4-3-5-9-14)23-16-10-6-7-11-16/h3-5,8-9,12-13,16-17H,2,6-7,10-11H2,1H3,(H,20,22)/t17-/m0/s1. The zero-order valence-corrected chi connectivity index (χ0v) is 13.4. The lowest BCUT2D eigenvalue weighted by atomic mass is 10.1. The maximum Gasteiger partial charge on any atom is 0.258 e. The Hall–Kier alpha value is -2.14. The van der Waals surface area contributed by atoms with Crippen LogP contribution in [0.1, 0.15) is 44.3 Å². The number of benzene rings is 1. The van der Waals surface area contributed by atoms with Gasteiger partial charge in [0.1, 0.15) is 0 Å². The molecule has 1 aliphatic rings. The van der Waals surface area contributed by atoms with Gasteiger partial charge in [-0.25, -0.2) is 0 Å². The molecule has 0 unspecified atom stereocenters. The molecule has 0 radical (unpaired) electrons. The molecule has 1 heterocycles. The van der Waals surface area contributed by atoms with Gasteiger partial charge < -0.3 is 10.1 Å².